The summed E-state index contributed by atoms with van der Waals surface area (Å²) in [6.07, 6.45) is 0.877. The van der Waals surface area contributed by atoms with Crippen molar-refractivity contribution in [2.24, 2.45) is 0 Å². The summed E-state index contributed by atoms with van der Waals surface area (Å²) in [5.74, 6) is 2.62. The number of aromatic nitrogens is 2. The van der Waals surface area contributed by atoms with Crippen molar-refractivity contribution < 1.29 is 9.47 Å². The SMILES string of the molecule is Cc1ccc(OCCCn2c(COc3ccc(Cl)cc3)nc3ccccc32)c(C)c1. The number of rotatable bonds is 8. The molecule has 30 heavy (non-hydrogen) atoms. The Morgan fingerprint density at radius 3 is 2.53 bits per heavy atom. The molecule has 0 bridgehead atoms. The van der Waals surface area contributed by atoms with Gasteiger partial charge in [0.05, 0.1) is 17.6 Å². The lowest BCUT2D eigenvalue weighted by atomic mass is 10.1. The number of hydrogen-bond acceptors (Lipinski definition) is 3. The van der Waals surface area contributed by atoms with E-state index >= 15 is 0 Å². The molecule has 1 aromatic heterocycles. The van der Waals surface area contributed by atoms with Crippen LogP contribution in [0, 0.1) is 13.8 Å². The molecular weight excluding hydrogens is 396 g/mol. The smallest absolute Gasteiger partial charge is 0.147 e. The molecule has 0 atom stereocenters. The molecule has 154 valence electrons. The number of aryl methyl sites for hydroxylation is 3. The van der Waals surface area contributed by atoms with Crippen LogP contribution < -0.4 is 9.47 Å². The van der Waals surface area contributed by atoms with Crippen molar-refractivity contribution in [2.45, 2.75) is 33.4 Å². The van der Waals surface area contributed by atoms with Crippen LogP contribution in [0.2, 0.25) is 5.02 Å². The summed E-state index contributed by atoms with van der Waals surface area (Å²) in [6, 6.07) is 21.8. The highest BCUT2D eigenvalue weighted by Crippen LogP contribution is 2.21. The predicted molar refractivity (Wildman–Crippen MR) is 122 cm³/mol. The van der Waals surface area contributed by atoms with E-state index in [1.165, 1.54) is 11.1 Å². The van der Waals surface area contributed by atoms with E-state index < -0.39 is 0 Å². The van der Waals surface area contributed by atoms with Gasteiger partial charge in [0, 0.05) is 11.6 Å². The zero-order valence-electron chi connectivity index (χ0n) is 17.3. The fourth-order valence-corrected chi connectivity index (χ4v) is 3.66. The number of hydrogen-bond donors (Lipinski definition) is 0. The summed E-state index contributed by atoms with van der Waals surface area (Å²) in [7, 11) is 0. The highest BCUT2D eigenvalue weighted by molar-refractivity contribution is 6.30. The molecule has 5 heteroatoms. The van der Waals surface area contributed by atoms with Crippen LogP contribution in [0.5, 0.6) is 11.5 Å². The summed E-state index contributed by atoms with van der Waals surface area (Å²) in [4.78, 5) is 4.78. The van der Waals surface area contributed by atoms with E-state index in [4.69, 9.17) is 26.1 Å². The number of ether oxygens (including phenoxy) is 2. The molecule has 3 aromatic carbocycles. The minimum Gasteiger partial charge on any atom is -0.493 e. The largest absolute Gasteiger partial charge is 0.493 e. The van der Waals surface area contributed by atoms with Crippen molar-refractivity contribution in [3.8, 4) is 11.5 Å². The van der Waals surface area contributed by atoms with E-state index in [2.05, 4.69) is 36.6 Å². The lowest BCUT2D eigenvalue weighted by Gasteiger charge is -2.12. The van der Waals surface area contributed by atoms with Gasteiger partial charge < -0.3 is 14.0 Å². The Bertz CT molecular complexity index is 1140. The summed E-state index contributed by atoms with van der Waals surface area (Å²) < 4.78 is 14.2. The van der Waals surface area contributed by atoms with Gasteiger partial charge in [-0.1, -0.05) is 41.4 Å². The van der Waals surface area contributed by atoms with Crippen molar-refractivity contribution in [3.63, 3.8) is 0 Å². The molecule has 0 radical (unpaired) electrons. The van der Waals surface area contributed by atoms with E-state index in [1.807, 2.05) is 48.5 Å². The molecule has 0 aliphatic heterocycles. The fourth-order valence-electron chi connectivity index (χ4n) is 3.53. The second-order valence-electron chi connectivity index (χ2n) is 7.38. The van der Waals surface area contributed by atoms with Gasteiger partial charge in [0.25, 0.3) is 0 Å². The van der Waals surface area contributed by atoms with Crippen molar-refractivity contribution in [1.29, 1.82) is 0 Å². The molecule has 1 heterocycles. The van der Waals surface area contributed by atoms with Crippen LogP contribution in [0.1, 0.15) is 23.4 Å². The van der Waals surface area contributed by atoms with Crippen LogP contribution in [-0.2, 0) is 13.2 Å². The third-order valence-electron chi connectivity index (χ3n) is 5.03. The molecule has 0 aliphatic rings. The lowest BCUT2D eigenvalue weighted by molar-refractivity contribution is 0.280. The topological polar surface area (TPSA) is 36.3 Å². The number of benzene rings is 3. The van der Waals surface area contributed by atoms with E-state index in [0.29, 0.717) is 18.2 Å². The molecule has 0 spiro atoms. The quantitative estimate of drug-likeness (QED) is 0.311. The summed E-state index contributed by atoms with van der Waals surface area (Å²) >= 11 is 5.96. The van der Waals surface area contributed by atoms with Crippen LogP contribution in [0.25, 0.3) is 11.0 Å². The molecule has 0 saturated carbocycles. The van der Waals surface area contributed by atoms with Gasteiger partial charge in [0.2, 0.25) is 0 Å². The first-order valence-corrected chi connectivity index (χ1v) is 10.5. The van der Waals surface area contributed by atoms with Gasteiger partial charge in [-0.2, -0.15) is 0 Å². The summed E-state index contributed by atoms with van der Waals surface area (Å²) in [5.41, 5.74) is 4.50. The minimum absolute atomic E-state index is 0.397. The van der Waals surface area contributed by atoms with Gasteiger partial charge in [-0.25, -0.2) is 4.98 Å². The van der Waals surface area contributed by atoms with Crippen molar-refractivity contribution in [3.05, 3.63) is 88.7 Å². The van der Waals surface area contributed by atoms with Gasteiger partial charge in [0.15, 0.2) is 0 Å². The van der Waals surface area contributed by atoms with Gasteiger partial charge in [0.1, 0.15) is 23.9 Å². The lowest BCUT2D eigenvalue weighted by Crippen LogP contribution is -2.10. The first-order chi connectivity index (χ1) is 14.6. The van der Waals surface area contributed by atoms with Crippen LogP contribution in [0.4, 0.5) is 0 Å². The minimum atomic E-state index is 0.397. The molecule has 0 saturated heterocycles. The first kappa shape index (κ1) is 20.3. The maximum Gasteiger partial charge on any atom is 0.147 e. The maximum absolute atomic E-state index is 6.01. The zero-order chi connectivity index (χ0) is 20.9. The summed E-state index contributed by atoms with van der Waals surface area (Å²) in [6.45, 7) is 6.03. The standard InChI is InChI=1S/C25H25ClN2O2/c1-18-8-13-24(19(2)16-18)29-15-5-14-28-23-7-4-3-6-22(23)27-25(28)17-30-21-11-9-20(26)10-12-21/h3-4,6-13,16H,5,14-15,17H2,1-2H3. The Morgan fingerprint density at radius 1 is 0.933 bits per heavy atom. The molecule has 0 aliphatic carbocycles. The average Bonchev–Trinajstić information content (AvgIpc) is 3.09. The van der Waals surface area contributed by atoms with E-state index in [1.54, 1.807) is 0 Å². The van der Waals surface area contributed by atoms with E-state index in [-0.39, 0.29) is 0 Å². The second-order valence-corrected chi connectivity index (χ2v) is 7.82. The predicted octanol–water partition coefficient (Wildman–Crippen LogP) is 6.35. The van der Waals surface area contributed by atoms with Gasteiger partial charge in [-0.05, 0) is 68.3 Å². The Kier molecular flexibility index (Phi) is 6.24. The van der Waals surface area contributed by atoms with Gasteiger partial charge >= 0.3 is 0 Å². The van der Waals surface area contributed by atoms with Crippen LogP contribution in [-0.4, -0.2) is 16.2 Å². The third kappa shape index (κ3) is 4.77. The van der Waals surface area contributed by atoms with Crippen molar-refractivity contribution in [1.82, 2.24) is 9.55 Å². The number of para-hydroxylation sites is 2. The van der Waals surface area contributed by atoms with Crippen LogP contribution in [0.15, 0.2) is 66.7 Å². The van der Waals surface area contributed by atoms with Gasteiger partial charge in [-0.3, -0.25) is 0 Å². The number of fused-ring (bicyclic) bond motifs is 1. The van der Waals surface area contributed by atoms with Crippen LogP contribution >= 0.6 is 11.6 Å². The fraction of sp³-hybridized carbons (Fsp3) is 0.240. The van der Waals surface area contributed by atoms with Gasteiger partial charge in [-0.15, -0.1) is 0 Å². The molecule has 0 amide bonds. The normalized spacial score (nSPS) is 11.0. The molecule has 4 rings (SSSR count). The molecular formula is C25H25ClN2O2. The Morgan fingerprint density at radius 2 is 1.73 bits per heavy atom. The number of halogens is 1. The summed E-state index contributed by atoms with van der Waals surface area (Å²) in [5, 5.41) is 0.693. The van der Waals surface area contributed by atoms with E-state index in [9.17, 15) is 0 Å². The Labute approximate surface area is 182 Å². The molecule has 0 fully saturated rings. The first-order valence-electron chi connectivity index (χ1n) is 10.1. The van der Waals surface area contributed by atoms with Crippen molar-refractivity contribution >= 4 is 22.6 Å². The molecule has 0 unspecified atom stereocenters. The molecule has 4 nitrogen and oxygen atoms in total. The number of nitrogens with zero attached hydrogens (tertiary/aromatic N) is 2. The van der Waals surface area contributed by atoms with E-state index in [0.717, 1.165) is 41.3 Å². The third-order valence-corrected chi connectivity index (χ3v) is 5.28. The zero-order valence-corrected chi connectivity index (χ0v) is 18.0. The highest BCUT2D eigenvalue weighted by Gasteiger charge is 2.11. The average molecular weight is 421 g/mol. The Hall–Kier alpha value is -2.98. The second kappa shape index (κ2) is 9.23. The maximum atomic E-state index is 6.01. The molecule has 0 N–H and O–H groups in total. The Balaban J connectivity index is 1.44. The highest BCUT2D eigenvalue weighted by atomic mass is 35.5. The monoisotopic (exact) mass is 420 g/mol. The van der Waals surface area contributed by atoms with Crippen molar-refractivity contribution in [2.75, 3.05) is 6.61 Å². The van der Waals surface area contributed by atoms with Crippen LogP contribution in [0.3, 0.4) is 0 Å². The number of imidazole rings is 1. The molecule has 4 aromatic rings.